The maximum atomic E-state index is 11.4. The van der Waals surface area contributed by atoms with Crippen LogP contribution in [0.2, 0.25) is 0 Å². The van der Waals surface area contributed by atoms with E-state index in [4.69, 9.17) is 10.8 Å². The zero-order chi connectivity index (χ0) is 11.2. The van der Waals surface area contributed by atoms with E-state index in [1.165, 1.54) is 22.7 Å². The molecule has 2 atom stereocenters. The van der Waals surface area contributed by atoms with E-state index in [1.807, 2.05) is 0 Å². The number of hydrogen-bond donors (Lipinski definition) is 2. The van der Waals surface area contributed by atoms with Crippen molar-refractivity contribution in [3.8, 4) is 0 Å². The molecule has 1 amide bonds. The van der Waals surface area contributed by atoms with Gasteiger partial charge in [0.1, 0.15) is 17.1 Å². The van der Waals surface area contributed by atoms with Crippen molar-refractivity contribution in [1.29, 1.82) is 0 Å². The molecular weight excluding hydrogens is 216 g/mol. The summed E-state index contributed by atoms with van der Waals surface area (Å²) in [7, 11) is 0. The summed E-state index contributed by atoms with van der Waals surface area (Å²) < 4.78 is 0. The lowest BCUT2D eigenvalue weighted by molar-refractivity contribution is -0.147. The SMILES string of the molecule is C=CC1=C(C(=O)O)N2C(=O)C(N)[C@H]2SC1. The Balaban J connectivity index is 2.42. The highest BCUT2D eigenvalue weighted by Crippen LogP contribution is 2.39. The van der Waals surface area contributed by atoms with Gasteiger partial charge < -0.3 is 10.8 Å². The van der Waals surface area contributed by atoms with Gasteiger partial charge in [-0.2, -0.15) is 0 Å². The number of nitrogens with zero attached hydrogens (tertiary/aromatic N) is 1. The molecule has 0 aliphatic carbocycles. The fraction of sp³-hybridized carbons (Fsp3) is 0.333. The third kappa shape index (κ3) is 1.29. The van der Waals surface area contributed by atoms with Gasteiger partial charge in [0.15, 0.2) is 0 Å². The molecule has 0 radical (unpaired) electrons. The van der Waals surface area contributed by atoms with Crippen LogP contribution in [0.5, 0.6) is 0 Å². The van der Waals surface area contributed by atoms with Gasteiger partial charge in [0.2, 0.25) is 5.91 Å². The standard InChI is InChI=1S/C9H10N2O3S/c1-2-4-3-15-8-5(10)7(12)11(8)6(4)9(13)14/h2,5,8H,1,3,10H2,(H,13,14)/t5?,8-/m1/s1. The van der Waals surface area contributed by atoms with Crippen LogP contribution in [0, 0.1) is 0 Å². The molecule has 0 bridgehead atoms. The zero-order valence-electron chi connectivity index (χ0n) is 7.84. The summed E-state index contributed by atoms with van der Waals surface area (Å²) in [5.74, 6) is -0.896. The Morgan fingerprint density at radius 2 is 2.40 bits per heavy atom. The van der Waals surface area contributed by atoms with Crippen LogP contribution in [0.15, 0.2) is 23.9 Å². The Hall–Kier alpha value is -1.27. The second kappa shape index (κ2) is 3.39. The predicted octanol–water partition coefficient (Wildman–Crippen LogP) is -0.246. The number of hydrogen-bond acceptors (Lipinski definition) is 4. The molecule has 3 N–H and O–H groups in total. The molecule has 0 spiro atoms. The predicted molar refractivity (Wildman–Crippen MR) is 55.9 cm³/mol. The van der Waals surface area contributed by atoms with E-state index in [-0.39, 0.29) is 17.0 Å². The highest BCUT2D eigenvalue weighted by atomic mass is 32.2. The third-order valence-corrected chi connectivity index (χ3v) is 3.81. The Morgan fingerprint density at radius 1 is 1.73 bits per heavy atom. The summed E-state index contributed by atoms with van der Waals surface area (Å²) in [5, 5.41) is 8.79. The number of thioether (sulfide) groups is 1. The number of carboxylic acid groups (broad SMARTS) is 1. The lowest BCUT2D eigenvalue weighted by Gasteiger charge is -2.47. The van der Waals surface area contributed by atoms with Crippen LogP contribution in [-0.4, -0.2) is 39.1 Å². The molecule has 2 heterocycles. The number of rotatable bonds is 2. The molecular formula is C9H10N2O3S. The summed E-state index contributed by atoms with van der Waals surface area (Å²) in [6.07, 6.45) is 1.48. The second-order valence-electron chi connectivity index (χ2n) is 3.32. The fourth-order valence-corrected chi connectivity index (χ4v) is 2.98. The second-order valence-corrected chi connectivity index (χ2v) is 4.42. The van der Waals surface area contributed by atoms with Crippen LogP contribution >= 0.6 is 11.8 Å². The molecule has 0 aromatic heterocycles. The normalized spacial score (nSPS) is 29.7. The van der Waals surface area contributed by atoms with E-state index < -0.39 is 12.0 Å². The van der Waals surface area contributed by atoms with Crippen LogP contribution in [-0.2, 0) is 9.59 Å². The first-order valence-electron chi connectivity index (χ1n) is 4.37. The first-order chi connectivity index (χ1) is 7.07. The number of fused-ring (bicyclic) bond motifs is 1. The number of carbonyl (C=O) groups is 2. The number of amides is 1. The minimum atomic E-state index is -1.10. The van der Waals surface area contributed by atoms with Gasteiger partial charge in [-0.15, -0.1) is 11.8 Å². The van der Waals surface area contributed by atoms with Crippen molar-refractivity contribution in [1.82, 2.24) is 4.90 Å². The van der Waals surface area contributed by atoms with E-state index in [0.29, 0.717) is 11.3 Å². The van der Waals surface area contributed by atoms with Gasteiger partial charge in [0.25, 0.3) is 0 Å². The van der Waals surface area contributed by atoms with E-state index in [2.05, 4.69) is 6.58 Å². The van der Waals surface area contributed by atoms with Crippen LogP contribution in [0.3, 0.4) is 0 Å². The number of β-lactam (4-membered cyclic amide) rings is 1. The Kier molecular flexibility index (Phi) is 2.32. The average molecular weight is 226 g/mol. The van der Waals surface area contributed by atoms with E-state index in [9.17, 15) is 9.59 Å². The summed E-state index contributed by atoms with van der Waals surface area (Å²) >= 11 is 1.47. The highest BCUT2D eigenvalue weighted by molar-refractivity contribution is 8.00. The van der Waals surface area contributed by atoms with E-state index in [1.54, 1.807) is 0 Å². The minimum Gasteiger partial charge on any atom is -0.477 e. The molecule has 2 aliphatic rings. The first-order valence-corrected chi connectivity index (χ1v) is 5.42. The Labute approximate surface area is 90.6 Å². The van der Waals surface area contributed by atoms with Crippen molar-refractivity contribution < 1.29 is 14.7 Å². The third-order valence-electron chi connectivity index (χ3n) is 2.49. The molecule has 15 heavy (non-hydrogen) atoms. The van der Waals surface area contributed by atoms with Crippen molar-refractivity contribution in [3.05, 3.63) is 23.9 Å². The van der Waals surface area contributed by atoms with Crippen molar-refractivity contribution in [2.24, 2.45) is 5.73 Å². The molecule has 0 saturated carbocycles. The van der Waals surface area contributed by atoms with E-state index >= 15 is 0 Å². The molecule has 0 aromatic carbocycles. The summed E-state index contributed by atoms with van der Waals surface area (Å²) in [6, 6.07) is -0.573. The highest BCUT2D eigenvalue weighted by Gasteiger charge is 2.51. The molecule has 1 fully saturated rings. The van der Waals surface area contributed by atoms with Crippen molar-refractivity contribution >= 4 is 23.6 Å². The van der Waals surface area contributed by atoms with Crippen LogP contribution in [0.1, 0.15) is 0 Å². The van der Waals surface area contributed by atoms with Gasteiger partial charge in [0.05, 0.1) is 0 Å². The summed E-state index contributed by atoms with van der Waals surface area (Å²) in [4.78, 5) is 23.7. The smallest absolute Gasteiger partial charge is 0.352 e. The fourth-order valence-electron chi connectivity index (χ4n) is 1.70. The number of allylic oxidation sites excluding steroid dienone is 1. The number of nitrogens with two attached hydrogens (primary N) is 1. The Morgan fingerprint density at radius 3 is 2.93 bits per heavy atom. The number of aliphatic carboxylic acids is 1. The maximum Gasteiger partial charge on any atom is 0.352 e. The largest absolute Gasteiger partial charge is 0.477 e. The van der Waals surface area contributed by atoms with Crippen LogP contribution in [0.25, 0.3) is 0 Å². The molecule has 1 saturated heterocycles. The molecule has 2 rings (SSSR count). The lowest BCUT2D eigenvalue weighted by Crippen LogP contribution is -2.68. The monoisotopic (exact) mass is 226 g/mol. The molecule has 5 nitrogen and oxygen atoms in total. The molecule has 6 heteroatoms. The van der Waals surface area contributed by atoms with Crippen molar-refractivity contribution in [2.75, 3.05) is 5.75 Å². The summed E-state index contributed by atoms with van der Waals surface area (Å²) in [6.45, 7) is 3.54. The first kappa shape index (κ1) is 10.3. The van der Waals surface area contributed by atoms with Crippen LogP contribution < -0.4 is 5.73 Å². The van der Waals surface area contributed by atoms with Gasteiger partial charge in [-0.1, -0.05) is 12.7 Å². The topological polar surface area (TPSA) is 83.6 Å². The maximum absolute atomic E-state index is 11.4. The van der Waals surface area contributed by atoms with Gasteiger partial charge in [-0.05, 0) is 5.57 Å². The molecule has 1 unspecified atom stereocenters. The quantitative estimate of drug-likeness (QED) is 0.634. The van der Waals surface area contributed by atoms with Crippen molar-refractivity contribution in [3.63, 3.8) is 0 Å². The number of carboxylic acids is 1. The van der Waals surface area contributed by atoms with Gasteiger partial charge in [-0.3, -0.25) is 9.69 Å². The molecule has 0 aromatic rings. The van der Waals surface area contributed by atoms with Gasteiger partial charge in [-0.25, -0.2) is 4.79 Å². The average Bonchev–Trinajstić information content (AvgIpc) is 2.25. The number of carbonyl (C=O) groups excluding carboxylic acids is 1. The Bertz CT molecular complexity index is 391. The summed E-state index contributed by atoms with van der Waals surface area (Å²) in [5.41, 5.74) is 6.17. The van der Waals surface area contributed by atoms with Gasteiger partial charge >= 0.3 is 5.97 Å². The van der Waals surface area contributed by atoms with Gasteiger partial charge in [0, 0.05) is 5.75 Å². The molecule has 80 valence electrons. The zero-order valence-corrected chi connectivity index (χ0v) is 8.66. The van der Waals surface area contributed by atoms with Crippen molar-refractivity contribution in [2.45, 2.75) is 11.4 Å². The van der Waals surface area contributed by atoms with Crippen LogP contribution in [0.4, 0.5) is 0 Å². The lowest BCUT2D eigenvalue weighted by atomic mass is 10.0. The molecule has 2 aliphatic heterocycles. The minimum absolute atomic E-state index is 0.0282. The van der Waals surface area contributed by atoms with E-state index in [0.717, 1.165) is 0 Å².